The smallest absolute Gasteiger partial charge is 0.0925 e. The molecular formula is C35H72N+. The molecule has 36 heavy (non-hydrogen) atoms. The Morgan fingerprint density at radius 2 is 0.778 bits per heavy atom. The van der Waals surface area contributed by atoms with Crippen molar-refractivity contribution < 1.29 is 4.48 Å². The molecule has 0 aliphatic heterocycles. The number of nitrogens with zero attached hydrogens (tertiary/aromatic N) is 1. The predicted molar refractivity (Wildman–Crippen MR) is 167 cm³/mol. The van der Waals surface area contributed by atoms with Crippen molar-refractivity contribution in [1.29, 1.82) is 0 Å². The van der Waals surface area contributed by atoms with Crippen LogP contribution >= 0.6 is 0 Å². The second-order valence-electron chi connectivity index (χ2n) is 12.1. The minimum absolute atomic E-state index is 0.809. The molecule has 0 heterocycles. The Morgan fingerprint density at radius 3 is 1.17 bits per heavy atom. The van der Waals surface area contributed by atoms with Crippen LogP contribution in [0.2, 0.25) is 0 Å². The molecule has 0 aliphatic rings. The molecule has 0 amide bonds. The Bertz CT molecular complexity index is 420. The number of rotatable bonds is 30. The van der Waals surface area contributed by atoms with Gasteiger partial charge in [0.2, 0.25) is 0 Å². The molecule has 1 nitrogen and oxygen atoms in total. The van der Waals surface area contributed by atoms with E-state index in [4.69, 9.17) is 0 Å². The lowest BCUT2D eigenvalue weighted by atomic mass is 9.97. The molecule has 1 atom stereocenters. The molecule has 0 saturated heterocycles. The maximum Gasteiger partial charge on any atom is 0.0925 e. The standard InChI is InChI=1S/C35H72N/c1-6-11-15-17-19-21-23-25-27-29-34-36(32-13-8-3,33-14-9-4)35(30-10-5)31-28-26-24-22-20-18-16-12-7-2/h10,35H,5-9,11-34H2,1-4H3/q+1. The summed E-state index contributed by atoms with van der Waals surface area (Å²) in [6, 6.07) is 0.809. The zero-order valence-corrected chi connectivity index (χ0v) is 26.1. The Labute approximate surface area is 230 Å². The number of quaternary nitrogens is 1. The van der Waals surface area contributed by atoms with E-state index in [1.165, 1.54) is 185 Å². The van der Waals surface area contributed by atoms with Crippen molar-refractivity contribution in [1.82, 2.24) is 0 Å². The molecule has 0 fully saturated rings. The molecule has 0 aliphatic carbocycles. The average Bonchev–Trinajstić information content (AvgIpc) is 2.89. The van der Waals surface area contributed by atoms with Crippen LogP contribution in [0.3, 0.4) is 0 Å². The van der Waals surface area contributed by atoms with E-state index in [0.717, 1.165) is 6.04 Å². The highest BCUT2D eigenvalue weighted by molar-refractivity contribution is 4.76. The van der Waals surface area contributed by atoms with E-state index < -0.39 is 0 Å². The summed E-state index contributed by atoms with van der Waals surface area (Å²) >= 11 is 0. The monoisotopic (exact) mass is 507 g/mol. The molecule has 0 N–H and O–H groups in total. The maximum atomic E-state index is 4.21. The highest BCUT2D eigenvalue weighted by Gasteiger charge is 2.34. The van der Waals surface area contributed by atoms with E-state index in [9.17, 15) is 0 Å². The third-order valence-corrected chi connectivity index (χ3v) is 8.73. The first kappa shape index (κ1) is 35.7. The second-order valence-corrected chi connectivity index (χ2v) is 12.1. The quantitative estimate of drug-likeness (QED) is 0.0516. The Balaban J connectivity index is 4.68. The van der Waals surface area contributed by atoms with Crippen molar-refractivity contribution in [3.05, 3.63) is 12.7 Å². The van der Waals surface area contributed by atoms with Gasteiger partial charge in [-0.3, -0.25) is 0 Å². The van der Waals surface area contributed by atoms with E-state index in [1.807, 2.05) is 0 Å². The number of unbranched alkanes of at least 4 members (excludes halogenated alkanes) is 19. The van der Waals surface area contributed by atoms with Gasteiger partial charge in [0.05, 0.1) is 25.7 Å². The summed E-state index contributed by atoms with van der Waals surface area (Å²) in [5.41, 5.74) is 0. The van der Waals surface area contributed by atoms with Crippen LogP contribution in [0.4, 0.5) is 0 Å². The normalized spacial score (nSPS) is 12.8. The molecule has 1 heteroatoms. The Morgan fingerprint density at radius 1 is 0.444 bits per heavy atom. The van der Waals surface area contributed by atoms with Gasteiger partial charge in [0, 0.05) is 6.42 Å². The molecule has 0 aromatic heterocycles. The fourth-order valence-electron chi connectivity index (χ4n) is 6.24. The zero-order chi connectivity index (χ0) is 26.6. The molecule has 216 valence electrons. The number of hydrogen-bond acceptors (Lipinski definition) is 0. The number of hydrogen-bond donors (Lipinski definition) is 0. The lowest BCUT2D eigenvalue weighted by Gasteiger charge is -2.46. The van der Waals surface area contributed by atoms with Crippen molar-refractivity contribution >= 4 is 0 Å². The van der Waals surface area contributed by atoms with Gasteiger partial charge in [-0.05, 0) is 38.5 Å². The summed E-state index contributed by atoms with van der Waals surface area (Å²) in [5.74, 6) is 0. The fourth-order valence-corrected chi connectivity index (χ4v) is 6.24. The molecule has 0 rings (SSSR count). The lowest BCUT2D eigenvalue weighted by molar-refractivity contribution is -0.952. The summed E-state index contributed by atoms with van der Waals surface area (Å²) in [7, 11) is 0. The van der Waals surface area contributed by atoms with Crippen LogP contribution in [0, 0.1) is 0 Å². The maximum absolute atomic E-state index is 4.21. The molecule has 0 aromatic carbocycles. The minimum atomic E-state index is 0.809. The van der Waals surface area contributed by atoms with E-state index in [0.29, 0.717) is 0 Å². The van der Waals surface area contributed by atoms with Gasteiger partial charge in [0.1, 0.15) is 0 Å². The van der Waals surface area contributed by atoms with E-state index in [-0.39, 0.29) is 0 Å². The van der Waals surface area contributed by atoms with Gasteiger partial charge < -0.3 is 4.48 Å². The fraction of sp³-hybridized carbons (Fsp3) is 0.943. The van der Waals surface area contributed by atoms with Crippen LogP contribution in [-0.2, 0) is 0 Å². The molecule has 1 unspecified atom stereocenters. The second kappa shape index (κ2) is 27.7. The van der Waals surface area contributed by atoms with Gasteiger partial charge in [0.25, 0.3) is 0 Å². The van der Waals surface area contributed by atoms with Crippen LogP contribution in [-0.4, -0.2) is 30.2 Å². The summed E-state index contributed by atoms with van der Waals surface area (Å²) in [6.07, 6.45) is 37.8. The summed E-state index contributed by atoms with van der Waals surface area (Å²) in [6.45, 7) is 17.9. The summed E-state index contributed by atoms with van der Waals surface area (Å²) in [4.78, 5) is 0. The zero-order valence-electron chi connectivity index (χ0n) is 26.1. The van der Waals surface area contributed by atoms with Crippen molar-refractivity contribution in [2.45, 2.75) is 194 Å². The first-order valence-electron chi connectivity index (χ1n) is 17.2. The predicted octanol–water partition coefficient (Wildman–Crippen LogP) is 12.2. The molecule has 0 aromatic rings. The Hall–Kier alpha value is -0.300. The van der Waals surface area contributed by atoms with E-state index in [1.54, 1.807) is 0 Å². The van der Waals surface area contributed by atoms with Crippen LogP contribution in [0.25, 0.3) is 0 Å². The van der Waals surface area contributed by atoms with Gasteiger partial charge in [-0.15, -0.1) is 6.58 Å². The topological polar surface area (TPSA) is 0 Å². The van der Waals surface area contributed by atoms with Crippen molar-refractivity contribution in [2.24, 2.45) is 0 Å². The molecule has 0 saturated carbocycles. The molecule has 0 spiro atoms. The summed E-state index contributed by atoms with van der Waals surface area (Å²) in [5, 5.41) is 0. The Kier molecular flexibility index (Phi) is 27.5. The van der Waals surface area contributed by atoms with Gasteiger partial charge in [0.15, 0.2) is 0 Å². The minimum Gasteiger partial charge on any atom is -0.321 e. The van der Waals surface area contributed by atoms with Crippen molar-refractivity contribution in [3.8, 4) is 0 Å². The largest absolute Gasteiger partial charge is 0.321 e. The van der Waals surface area contributed by atoms with Crippen molar-refractivity contribution in [2.75, 3.05) is 19.6 Å². The van der Waals surface area contributed by atoms with Crippen LogP contribution in [0.1, 0.15) is 188 Å². The SMILES string of the molecule is C=CCC(CCCCCCCCCCC)[N+](CCCC)(CCCC)CCCCCCCCCCCC. The summed E-state index contributed by atoms with van der Waals surface area (Å²) < 4.78 is 1.40. The van der Waals surface area contributed by atoms with Crippen LogP contribution in [0.5, 0.6) is 0 Å². The third kappa shape index (κ3) is 19.8. The van der Waals surface area contributed by atoms with Gasteiger partial charge in [-0.1, -0.05) is 149 Å². The molecular weight excluding hydrogens is 434 g/mol. The van der Waals surface area contributed by atoms with Crippen LogP contribution in [0.15, 0.2) is 12.7 Å². The first-order valence-corrected chi connectivity index (χ1v) is 17.2. The van der Waals surface area contributed by atoms with Gasteiger partial charge in [-0.2, -0.15) is 0 Å². The molecule has 0 radical (unpaired) electrons. The van der Waals surface area contributed by atoms with E-state index in [2.05, 4.69) is 40.3 Å². The molecule has 0 bridgehead atoms. The van der Waals surface area contributed by atoms with Gasteiger partial charge >= 0.3 is 0 Å². The van der Waals surface area contributed by atoms with Gasteiger partial charge in [-0.25, -0.2) is 0 Å². The van der Waals surface area contributed by atoms with Crippen LogP contribution < -0.4 is 0 Å². The highest BCUT2D eigenvalue weighted by atomic mass is 15.4. The lowest BCUT2D eigenvalue weighted by Crippen LogP contribution is -2.57. The first-order chi connectivity index (χ1) is 17.7. The average molecular weight is 507 g/mol. The highest BCUT2D eigenvalue weighted by Crippen LogP contribution is 2.27. The third-order valence-electron chi connectivity index (χ3n) is 8.73. The van der Waals surface area contributed by atoms with E-state index >= 15 is 0 Å². The van der Waals surface area contributed by atoms with Crippen molar-refractivity contribution in [3.63, 3.8) is 0 Å².